The van der Waals surface area contributed by atoms with Crippen LogP contribution in [-0.4, -0.2) is 42.5 Å². The van der Waals surface area contributed by atoms with Gasteiger partial charge in [0.2, 0.25) is 5.91 Å². The summed E-state index contributed by atoms with van der Waals surface area (Å²) in [6.45, 7) is 3.72. The molecule has 1 amide bonds. The minimum Gasteiger partial charge on any atom is -0.497 e. The van der Waals surface area contributed by atoms with E-state index >= 15 is 0 Å². The van der Waals surface area contributed by atoms with Crippen LogP contribution in [0.1, 0.15) is 42.7 Å². The number of nitrogens with zero attached hydrogens (tertiary/aromatic N) is 2. The fourth-order valence-electron chi connectivity index (χ4n) is 3.63. The van der Waals surface area contributed by atoms with E-state index in [4.69, 9.17) is 4.74 Å². The Balaban J connectivity index is 1.63. The largest absolute Gasteiger partial charge is 0.497 e. The van der Waals surface area contributed by atoms with Crippen molar-refractivity contribution in [2.45, 2.75) is 44.8 Å². The Kier molecular flexibility index (Phi) is 6.33. The monoisotopic (exact) mass is 372 g/mol. The van der Waals surface area contributed by atoms with Crippen LogP contribution in [0.4, 0.5) is 0 Å². The van der Waals surface area contributed by atoms with Gasteiger partial charge in [0.15, 0.2) is 0 Å². The molecular formula is C21H28N2O2S. The topological polar surface area (TPSA) is 32.8 Å². The zero-order valence-electron chi connectivity index (χ0n) is 15.9. The predicted octanol–water partition coefficient (Wildman–Crippen LogP) is 4.33. The van der Waals surface area contributed by atoms with Crippen LogP contribution in [0.3, 0.4) is 0 Å². The summed E-state index contributed by atoms with van der Waals surface area (Å²) in [7, 11) is 3.86. The molecule has 0 N–H and O–H groups in total. The zero-order valence-corrected chi connectivity index (χ0v) is 16.7. The first-order chi connectivity index (χ1) is 12.6. The highest BCUT2D eigenvalue weighted by Crippen LogP contribution is 2.29. The van der Waals surface area contributed by atoms with Crippen molar-refractivity contribution >= 4 is 17.2 Å². The van der Waals surface area contributed by atoms with Crippen molar-refractivity contribution in [2.24, 2.45) is 0 Å². The highest BCUT2D eigenvalue weighted by atomic mass is 32.1. The molecule has 1 aliphatic heterocycles. The molecule has 4 nitrogen and oxygen atoms in total. The molecule has 2 unspecified atom stereocenters. The summed E-state index contributed by atoms with van der Waals surface area (Å²) in [5, 5.41) is 2.13. The van der Waals surface area contributed by atoms with Crippen molar-refractivity contribution in [1.82, 2.24) is 9.80 Å². The second-order valence-electron chi connectivity index (χ2n) is 7.00. The van der Waals surface area contributed by atoms with Gasteiger partial charge in [-0.1, -0.05) is 18.2 Å². The molecule has 0 aliphatic carbocycles. The SMILES string of the molecule is COc1cccc(CN2CCC(N(C)C(C)c3cccs3)CCC2=O)c1. The second kappa shape index (κ2) is 8.69. The van der Waals surface area contributed by atoms with Gasteiger partial charge in [-0.2, -0.15) is 0 Å². The van der Waals surface area contributed by atoms with E-state index in [1.807, 2.05) is 23.1 Å². The first kappa shape index (κ1) is 18.9. The molecule has 1 aromatic carbocycles. The molecule has 2 atom stereocenters. The first-order valence-corrected chi connectivity index (χ1v) is 10.1. The lowest BCUT2D eigenvalue weighted by molar-refractivity contribution is -0.131. The Labute approximate surface area is 160 Å². The van der Waals surface area contributed by atoms with Gasteiger partial charge in [-0.3, -0.25) is 9.69 Å². The van der Waals surface area contributed by atoms with Gasteiger partial charge in [-0.15, -0.1) is 11.3 Å². The molecule has 3 rings (SSSR count). The number of hydrogen-bond acceptors (Lipinski definition) is 4. The number of methoxy groups -OCH3 is 1. The zero-order chi connectivity index (χ0) is 18.5. The Morgan fingerprint density at radius 2 is 2.15 bits per heavy atom. The number of thiophene rings is 1. The molecule has 0 radical (unpaired) electrons. The lowest BCUT2D eigenvalue weighted by atomic mass is 10.1. The maximum atomic E-state index is 12.6. The van der Waals surface area contributed by atoms with Crippen molar-refractivity contribution in [3.05, 3.63) is 52.2 Å². The molecule has 2 aromatic rings. The number of hydrogen-bond donors (Lipinski definition) is 0. The third-order valence-electron chi connectivity index (χ3n) is 5.43. The van der Waals surface area contributed by atoms with Gasteiger partial charge >= 0.3 is 0 Å². The molecule has 1 saturated heterocycles. The predicted molar refractivity (Wildman–Crippen MR) is 107 cm³/mol. The highest BCUT2D eigenvalue weighted by molar-refractivity contribution is 7.10. The smallest absolute Gasteiger partial charge is 0.222 e. The number of carbonyl (C=O) groups excluding carboxylic acids is 1. The fourth-order valence-corrected chi connectivity index (χ4v) is 4.47. The van der Waals surface area contributed by atoms with E-state index in [0.29, 0.717) is 25.0 Å². The van der Waals surface area contributed by atoms with Gasteiger partial charge in [0.25, 0.3) is 0 Å². The molecule has 5 heteroatoms. The van der Waals surface area contributed by atoms with Crippen LogP contribution in [0.25, 0.3) is 0 Å². The summed E-state index contributed by atoms with van der Waals surface area (Å²) in [5.74, 6) is 1.10. The van der Waals surface area contributed by atoms with E-state index in [1.165, 1.54) is 4.88 Å². The third-order valence-corrected chi connectivity index (χ3v) is 6.47. The molecule has 140 valence electrons. The lowest BCUT2D eigenvalue weighted by Gasteiger charge is -2.32. The van der Waals surface area contributed by atoms with Crippen LogP contribution in [0.2, 0.25) is 0 Å². The van der Waals surface area contributed by atoms with Gasteiger partial charge < -0.3 is 9.64 Å². The first-order valence-electron chi connectivity index (χ1n) is 9.24. The van der Waals surface area contributed by atoms with E-state index in [9.17, 15) is 4.79 Å². The normalized spacial score (nSPS) is 19.5. The Hall–Kier alpha value is -1.85. The van der Waals surface area contributed by atoms with Crippen molar-refractivity contribution in [1.29, 1.82) is 0 Å². The quantitative estimate of drug-likeness (QED) is 0.757. The lowest BCUT2D eigenvalue weighted by Crippen LogP contribution is -2.35. The Morgan fingerprint density at radius 1 is 1.31 bits per heavy atom. The highest BCUT2D eigenvalue weighted by Gasteiger charge is 2.27. The summed E-state index contributed by atoms with van der Waals surface area (Å²) in [4.78, 5) is 18.4. The van der Waals surface area contributed by atoms with Crippen LogP contribution in [0.5, 0.6) is 5.75 Å². The van der Waals surface area contributed by atoms with Crippen molar-refractivity contribution in [2.75, 3.05) is 20.7 Å². The fraction of sp³-hybridized carbons (Fsp3) is 0.476. The summed E-state index contributed by atoms with van der Waals surface area (Å²) in [6.07, 6.45) is 2.57. The van der Waals surface area contributed by atoms with E-state index in [2.05, 4.69) is 42.5 Å². The van der Waals surface area contributed by atoms with Crippen molar-refractivity contribution in [3.8, 4) is 5.75 Å². The standard InChI is InChI=1S/C21H28N2O2S/c1-16(20-8-5-13-26-20)22(2)18-9-10-21(24)23(12-11-18)15-17-6-4-7-19(14-17)25-3/h4-8,13-14,16,18H,9-12,15H2,1-3H3. The molecule has 0 spiro atoms. The van der Waals surface area contributed by atoms with Gasteiger partial charge in [0.1, 0.15) is 5.75 Å². The van der Waals surface area contributed by atoms with Gasteiger partial charge in [-0.25, -0.2) is 0 Å². The molecule has 0 bridgehead atoms. The summed E-state index contributed by atoms with van der Waals surface area (Å²) in [6, 6.07) is 13.1. The molecule has 2 heterocycles. The number of rotatable bonds is 6. The van der Waals surface area contributed by atoms with Crippen LogP contribution >= 0.6 is 11.3 Å². The number of likely N-dealkylation sites (tertiary alicyclic amines) is 1. The van der Waals surface area contributed by atoms with Gasteiger partial charge in [-0.05, 0) is 56.0 Å². The molecule has 1 aliphatic rings. The Bertz CT molecular complexity index is 717. The Morgan fingerprint density at radius 3 is 2.88 bits per heavy atom. The average Bonchev–Trinajstić information content (AvgIpc) is 3.14. The molecule has 26 heavy (non-hydrogen) atoms. The minimum atomic E-state index is 0.257. The van der Waals surface area contributed by atoms with E-state index < -0.39 is 0 Å². The van der Waals surface area contributed by atoms with Crippen molar-refractivity contribution < 1.29 is 9.53 Å². The summed E-state index contributed by atoms with van der Waals surface area (Å²) >= 11 is 1.80. The van der Waals surface area contributed by atoms with E-state index in [1.54, 1.807) is 18.4 Å². The van der Waals surface area contributed by atoms with E-state index in [-0.39, 0.29) is 5.91 Å². The number of carbonyl (C=O) groups is 1. The van der Waals surface area contributed by atoms with Gasteiger partial charge in [0.05, 0.1) is 7.11 Å². The molecular weight excluding hydrogens is 344 g/mol. The van der Waals surface area contributed by atoms with E-state index in [0.717, 1.165) is 30.7 Å². The van der Waals surface area contributed by atoms with Crippen molar-refractivity contribution in [3.63, 3.8) is 0 Å². The van der Waals surface area contributed by atoms with Crippen LogP contribution < -0.4 is 4.74 Å². The summed E-state index contributed by atoms with van der Waals surface area (Å²) in [5.41, 5.74) is 1.12. The number of ether oxygens (including phenoxy) is 1. The molecule has 1 aromatic heterocycles. The van der Waals surface area contributed by atoms with Crippen LogP contribution in [-0.2, 0) is 11.3 Å². The average molecular weight is 373 g/mol. The summed E-state index contributed by atoms with van der Waals surface area (Å²) < 4.78 is 5.30. The number of benzene rings is 1. The number of amides is 1. The molecule has 1 fully saturated rings. The molecule has 0 saturated carbocycles. The van der Waals surface area contributed by atoms with Crippen LogP contribution in [0.15, 0.2) is 41.8 Å². The van der Waals surface area contributed by atoms with Gasteiger partial charge in [0, 0.05) is 36.5 Å². The maximum Gasteiger partial charge on any atom is 0.222 e. The maximum absolute atomic E-state index is 12.6. The minimum absolute atomic E-state index is 0.257. The second-order valence-corrected chi connectivity index (χ2v) is 7.98. The third kappa shape index (κ3) is 4.46. The van der Waals surface area contributed by atoms with Crippen LogP contribution in [0, 0.1) is 0 Å².